The molecule has 0 saturated heterocycles. The Bertz CT molecular complexity index is 860. The number of hydrogen-bond donors (Lipinski definition) is 2. The van der Waals surface area contributed by atoms with E-state index in [1.807, 2.05) is 60.7 Å². The third kappa shape index (κ3) is 4.43. The molecule has 0 spiro atoms. The molecule has 3 N–H and O–H groups in total. The Labute approximate surface area is 176 Å². The lowest BCUT2D eigenvalue weighted by molar-refractivity contribution is -0.605. The molecule has 7 nitrogen and oxygen atoms in total. The molecule has 7 heteroatoms. The Kier molecular flexibility index (Phi) is 6.99. The summed E-state index contributed by atoms with van der Waals surface area (Å²) in [5.74, 6) is 0. The zero-order valence-corrected chi connectivity index (χ0v) is 16.9. The molecule has 1 aliphatic carbocycles. The number of nitrogens with two attached hydrogens (primary N) is 1. The fourth-order valence-corrected chi connectivity index (χ4v) is 3.68. The van der Waals surface area contributed by atoms with Crippen LogP contribution in [0.3, 0.4) is 0 Å². The third-order valence-electron chi connectivity index (χ3n) is 5.23. The summed E-state index contributed by atoms with van der Waals surface area (Å²) in [6.45, 7) is 2.30. The Hall–Kier alpha value is -3.00. The van der Waals surface area contributed by atoms with Gasteiger partial charge in [-0.05, 0) is 29.7 Å². The highest BCUT2D eigenvalue weighted by atomic mass is 16.7. The molecule has 2 aromatic rings. The largest absolute Gasteiger partial charge is 0.395 e. The van der Waals surface area contributed by atoms with Crippen LogP contribution in [0.5, 0.6) is 0 Å². The Balaban J connectivity index is 2.09. The molecule has 3 atom stereocenters. The van der Waals surface area contributed by atoms with E-state index in [1.165, 1.54) is 6.08 Å². The summed E-state index contributed by atoms with van der Waals surface area (Å²) in [5, 5.41) is 22.8. The van der Waals surface area contributed by atoms with Crippen LogP contribution in [-0.4, -0.2) is 33.0 Å². The van der Waals surface area contributed by atoms with Crippen LogP contribution in [0.1, 0.15) is 24.5 Å². The van der Waals surface area contributed by atoms with Gasteiger partial charge in [-0.25, -0.2) is 4.90 Å². The number of ether oxygens (including phenoxy) is 1. The maximum absolute atomic E-state index is 12.6. The van der Waals surface area contributed by atoms with E-state index in [4.69, 9.17) is 10.5 Å². The summed E-state index contributed by atoms with van der Waals surface area (Å²) in [4.78, 5) is 13.9. The van der Waals surface area contributed by atoms with Crippen LogP contribution in [0.15, 0.2) is 84.6 Å². The number of nitrogens with zero attached hydrogens (tertiary/aromatic N) is 2. The molecule has 30 heavy (non-hydrogen) atoms. The number of aliphatic hydroxyl groups excluding tert-OH is 1. The highest BCUT2D eigenvalue weighted by Gasteiger charge is 2.59. The highest BCUT2D eigenvalue weighted by Crippen LogP contribution is 2.36. The van der Waals surface area contributed by atoms with Gasteiger partial charge in [0.05, 0.1) is 4.92 Å². The Morgan fingerprint density at radius 2 is 1.67 bits per heavy atom. The summed E-state index contributed by atoms with van der Waals surface area (Å²) >= 11 is 0. The van der Waals surface area contributed by atoms with Gasteiger partial charge in [0.2, 0.25) is 0 Å². The van der Waals surface area contributed by atoms with Crippen molar-refractivity contribution in [1.82, 2.24) is 4.90 Å². The average molecular weight is 409 g/mol. The van der Waals surface area contributed by atoms with Gasteiger partial charge < -0.3 is 15.6 Å². The van der Waals surface area contributed by atoms with Gasteiger partial charge >= 0.3 is 5.66 Å². The first-order valence-corrected chi connectivity index (χ1v) is 9.93. The molecule has 2 aromatic carbocycles. The lowest BCUT2D eigenvalue weighted by Crippen LogP contribution is -2.65. The van der Waals surface area contributed by atoms with E-state index in [0.29, 0.717) is 6.42 Å². The lowest BCUT2D eigenvalue weighted by atomic mass is 9.91. The number of aliphatic hydroxyl groups is 1. The van der Waals surface area contributed by atoms with E-state index >= 15 is 0 Å². The maximum atomic E-state index is 12.6. The van der Waals surface area contributed by atoms with Crippen molar-refractivity contribution in [2.45, 2.75) is 44.5 Å². The fourth-order valence-electron chi connectivity index (χ4n) is 3.68. The molecule has 3 rings (SSSR count). The molecular formula is C23H27N3O4. The van der Waals surface area contributed by atoms with Gasteiger partial charge in [-0.3, -0.25) is 10.1 Å². The predicted octanol–water partition coefficient (Wildman–Crippen LogP) is 3.19. The highest BCUT2D eigenvalue weighted by molar-refractivity contribution is 5.31. The molecule has 0 bridgehead atoms. The van der Waals surface area contributed by atoms with Crippen LogP contribution < -0.4 is 5.73 Å². The zero-order chi connectivity index (χ0) is 21.6. The van der Waals surface area contributed by atoms with Crippen molar-refractivity contribution in [3.05, 3.63) is 106 Å². The predicted molar refractivity (Wildman–Crippen MR) is 114 cm³/mol. The van der Waals surface area contributed by atoms with E-state index in [-0.39, 0.29) is 18.8 Å². The molecule has 0 heterocycles. The smallest absolute Gasteiger partial charge is 0.347 e. The molecule has 158 valence electrons. The van der Waals surface area contributed by atoms with Gasteiger partial charge in [-0.2, -0.15) is 0 Å². The fraction of sp³-hybridized carbons (Fsp3) is 0.304. The van der Waals surface area contributed by atoms with Crippen LogP contribution in [0.25, 0.3) is 0 Å². The zero-order valence-electron chi connectivity index (χ0n) is 16.9. The summed E-state index contributed by atoms with van der Waals surface area (Å²) in [6.07, 6.45) is 2.86. The van der Waals surface area contributed by atoms with E-state index in [0.717, 1.165) is 11.1 Å². The number of allylic oxidation sites excluding steroid dienone is 2. The lowest BCUT2D eigenvalue weighted by Gasteiger charge is -2.42. The molecule has 0 aromatic heterocycles. The van der Waals surface area contributed by atoms with Crippen molar-refractivity contribution in [2.75, 3.05) is 0 Å². The maximum Gasteiger partial charge on any atom is 0.347 e. The van der Waals surface area contributed by atoms with Gasteiger partial charge in [0.1, 0.15) is 5.70 Å². The van der Waals surface area contributed by atoms with E-state index in [2.05, 4.69) is 0 Å². The molecule has 0 fully saturated rings. The van der Waals surface area contributed by atoms with E-state index in [1.54, 1.807) is 24.0 Å². The summed E-state index contributed by atoms with van der Waals surface area (Å²) in [6, 6.07) is 19.0. The topological polar surface area (TPSA) is 102 Å². The van der Waals surface area contributed by atoms with Crippen LogP contribution in [0.4, 0.5) is 0 Å². The first-order valence-electron chi connectivity index (χ1n) is 9.93. The van der Waals surface area contributed by atoms with Crippen molar-refractivity contribution in [3.63, 3.8) is 0 Å². The van der Waals surface area contributed by atoms with Crippen molar-refractivity contribution >= 4 is 0 Å². The second-order valence-electron chi connectivity index (χ2n) is 7.24. The molecule has 0 saturated carbocycles. The summed E-state index contributed by atoms with van der Waals surface area (Å²) in [5.41, 5.74) is 6.31. The number of benzene rings is 2. The standard InChI is InChI=1S/C23H27N3O4/c1-2-22(27)30-21-15-9-14-20(24)23(21,26(28)29)25(16-18-10-5-3-6-11-18)17-19-12-7-4-8-13-19/h3-15,21-22,27H,2,16-17,24H2,1H3. The molecule has 0 radical (unpaired) electrons. The minimum absolute atomic E-state index is 0.0650. The number of nitro groups is 1. The molecule has 3 unspecified atom stereocenters. The van der Waals surface area contributed by atoms with Crippen LogP contribution in [0.2, 0.25) is 0 Å². The van der Waals surface area contributed by atoms with Gasteiger partial charge in [-0.15, -0.1) is 0 Å². The van der Waals surface area contributed by atoms with Gasteiger partial charge in [0.25, 0.3) is 0 Å². The van der Waals surface area contributed by atoms with E-state index in [9.17, 15) is 15.2 Å². The Morgan fingerprint density at radius 1 is 1.13 bits per heavy atom. The monoisotopic (exact) mass is 409 g/mol. The molecule has 1 aliphatic rings. The molecule has 0 aliphatic heterocycles. The normalized spacial score (nSPS) is 22.0. The van der Waals surface area contributed by atoms with Crippen LogP contribution in [-0.2, 0) is 17.8 Å². The van der Waals surface area contributed by atoms with Crippen molar-refractivity contribution < 1.29 is 14.8 Å². The first kappa shape index (κ1) is 21.7. The van der Waals surface area contributed by atoms with Crippen molar-refractivity contribution in [2.24, 2.45) is 5.73 Å². The molecular weight excluding hydrogens is 382 g/mol. The van der Waals surface area contributed by atoms with Crippen molar-refractivity contribution in [1.29, 1.82) is 0 Å². The number of hydrogen-bond acceptors (Lipinski definition) is 6. The minimum atomic E-state index is -1.86. The van der Waals surface area contributed by atoms with Gasteiger partial charge in [-0.1, -0.05) is 73.7 Å². The number of rotatable bonds is 9. The second kappa shape index (κ2) is 9.67. The van der Waals surface area contributed by atoms with Crippen LogP contribution in [0, 0.1) is 10.1 Å². The van der Waals surface area contributed by atoms with Crippen LogP contribution >= 0.6 is 0 Å². The SMILES string of the molecule is CCC(O)OC1C=CC=C(N)C1(N(Cc1ccccc1)Cc1ccccc1)[N+](=O)[O-]. The van der Waals surface area contributed by atoms with E-state index < -0.39 is 23.0 Å². The summed E-state index contributed by atoms with van der Waals surface area (Å²) < 4.78 is 5.71. The third-order valence-corrected chi connectivity index (χ3v) is 5.23. The summed E-state index contributed by atoms with van der Waals surface area (Å²) in [7, 11) is 0. The van der Waals surface area contributed by atoms with Crippen molar-refractivity contribution in [3.8, 4) is 0 Å². The van der Waals surface area contributed by atoms with Gasteiger partial charge in [0, 0.05) is 13.1 Å². The Morgan fingerprint density at radius 3 is 2.13 bits per heavy atom. The van der Waals surface area contributed by atoms with Gasteiger partial charge in [0.15, 0.2) is 12.4 Å². The average Bonchev–Trinajstić information content (AvgIpc) is 2.75. The first-order chi connectivity index (χ1) is 14.5. The second-order valence-corrected chi connectivity index (χ2v) is 7.24. The quantitative estimate of drug-likeness (QED) is 0.375. The minimum Gasteiger partial charge on any atom is -0.395 e. The molecule has 0 amide bonds.